The zero-order chi connectivity index (χ0) is 8.27. The van der Waals surface area contributed by atoms with Gasteiger partial charge in [0.1, 0.15) is 0 Å². The maximum absolute atomic E-state index is 10.2. The zero-order valence-electron chi connectivity index (χ0n) is 6.06. The number of hydrogen-bond donors (Lipinski definition) is 0. The van der Waals surface area contributed by atoms with Crippen LogP contribution in [0.5, 0.6) is 0 Å². The number of nitrogens with zero attached hydrogens (tertiary/aromatic N) is 1. The first-order valence-electron chi connectivity index (χ1n) is 2.94. The lowest BCUT2D eigenvalue weighted by Gasteiger charge is -1.91. The lowest BCUT2D eigenvalue weighted by molar-refractivity contribution is -0.385. The van der Waals surface area contributed by atoms with Crippen LogP contribution in [-0.2, 0) is 0 Å². The molecule has 0 aliphatic carbocycles. The fourth-order valence-corrected chi connectivity index (χ4v) is 0.753. The van der Waals surface area contributed by atoms with Crippen molar-refractivity contribution in [2.75, 3.05) is 0 Å². The highest BCUT2D eigenvalue weighted by Gasteiger charge is 2.09. The summed E-state index contributed by atoms with van der Waals surface area (Å²) in [5.74, 6) is 0. The van der Waals surface area contributed by atoms with Gasteiger partial charge < -0.3 is 5.48 Å². The van der Waals surface area contributed by atoms with Gasteiger partial charge in [-0.05, 0) is 6.07 Å². The molecule has 64 valence electrons. The lowest BCUT2D eigenvalue weighted by Crippen LogP contribution is -1.92. The molecule has 0 aliphatic heterocycles. The predicted octanol–water partition coefficient (Wildman–Crippen LogP) is 0.583. The molecule has 1 rings (SSSR count). The molecular weight excluding hydrogens is 162 g/mol. The highest BCUT2D eigenvalue weighted by Crippen LogP contribution is 2.14. The van der Waals surface area contributed by atoms with E-state index < -0.39 is 4.92 Å². The standard InChI is InChI=1S/C7H5NO3.H2O/c9-5-6-3-1-2-4-7(6)8(10)11;/h1-5H;1H2. The Bertz CT molecular complexity index is 297. The summed E-state index contributed by atoms with van der Waals surface area (Å²) in [5, 5.41) is 10.2. The second-order valence-corrected chi connectivity index (χ2v) is 1.93. The van der Waals surface area contributed by atoms with Crippen molar-refractivity contribution in [1.82, 2.24) is 0 Å². The Morgan fingerprint density at radius 3 is 2.33 bits per heavy atom. The van der Waals surface area contributed by atoms with Crippen LogP contribution in [0.15, 0.2) is 24.3 Å². The van der Waals surface area contributed by atoms with Crippen molar-refractivity contribution in [3.8, 4) is 0 Å². The molecule has 1 aromatic carbocycles. The first-order chi connectivity index (χ1) is 5.25. The summed E-state index contributed by atoms with van der Waals surface area (Å²) >= 11 is 0. The number of hydrogen-bond acceptors (Lipinski definition) is 3. The van der Waals surface area contributed by atoms with Crippen molar-refractivity contribution in [3.05, 3.63) is 39.9 Å². The Kier molecular flexibility index (Phi) is 3.58. The van der Waals surface area contributed by atoms with Crippen LogP contribution in [0, 0.1) is 10.1 Å². The molecule has 5 nitrogen and oxygen atoms in total. The van der Waals surface area contributed by atoms with Crippen LogP contribution >= 0.6 is 0 Å². The molecule has 0 radical (unpaired) electrons. The smallest absolute Gasteiger partial charge is 0.279 e. The van der Waals surface area contributed by atoms with Crippen molar-refractivity contribution in [3.63, 3.8) is 0 Å². The monoisotopic (exact) mass is 169 g/mol. The Morgan fingerprint density at radius 2 is 1.92 bits per heavy atom. The summed E-state index contributed by atoms with van der Waals surface area (Å²) in [5.41, 5.74) is -0.0417. The van der Waals surface area contributed by atoms with E-state index in [-0.39, 0.29) is 16.7 Å². The number of para-hydroxylation sites is 1. The Morgan fingerprint density at radius 1 is 1.33 bits per heavy atom. The first-order valence-corrected chi connectivity index (χ1v) is 2.94. The van der Waals surface area contributed by atoms with E-state index in [0.29, 0.717) is 6.29 Å². The van der Waals surface area contributed by atoms with Crippen molar-refractivity contribution >= 4 is 12.0 Å². The van der Waals surface area contributed by atoms with Crippen molar-refractivity contribution in [1.29, 1.82) is 0 Å². The minimum absolute atomic E-state index is 0. The van der Waals surface area contributed by atoms with Crippen LogP contribution in [0.25, 0.3) is 0 Å². The number of aldehydes is 1. The van der Waals surface area contributed by atoms with E-state index in [1.54, 1.807) is 6.07 Å². The number of rotatable bonds is 2. The van der Waals surface area contributed by atoms with E-state index >= 15 is 0 Å². The van der Waals surface area contributed by atoms with Crippen molar-refractivity contribution in [2.24, 2.45) is 0 Å². The highest BCUT2D eigenvalue weighted by atomic mass is 16.6. The van der Waals surface area contributed by atoms with E-state index in [1.165, 1.54) is 18.2 Å². The Hall–Kier alpha value is -1.75. The molecule has 0 amide bonds. The van der Waals surface area contributed by atoms with Crippen LogP contribution in [0.1, 0.15) is 10.4 Å². The molecule has 1 aromatic rings. The van der Waals surface area contributed by atoms with Gasteiger partial charge in [-0.1, -0.05) is 12.1 Å². The summed E-state index contributed by atoms with van der Waals surface area (Å²) in [7, 11) is 0. The molecule has 0 heterocycles. The third-order valence-electron chi connectivity index (χ3n) is 1.26. The largest absolute Gasteiger partial charge is 0.412 e. The van der Waals surface area contributed by atoms with Gasteiger partial charge in [-0.2, -0.15) is 0 Å². The van der Waals surface area contributed by atoms with Gasteiger partial charge >= 0.3 is 0 Å². The van der Waals surface area contributed by atoms with Gasteiger partial charge in [0, 0.05) is 6.07 Å². The van der Waals surface area contributed by atoms with Crippen LogP contribution in [-0.4, -0.2) is 16.7 Å². The summed E-state index contributed by atoms with van der Waals surface area (Å²) < 4.78 is 0. The molecule has 2 N–H and O–H groups in total. The second kappa shape index (κ2) is 4.20. The van der Waals surface area contributed by atoms with Crippen LogP contribution in [0.4, 0.5) is 5.69 Å². The van der Waals surface area contributed by atoms with E-state index in [0.717, 1.165) is 0 Å². The van der Waals surface area contributed by atoms with Gasteiger partial charge in [-0.3, -0.25) is 14.9 Å². The quantitative estimate of drug-likeness (QED) is 0.368. The maximum Gasteiger partial charge on any atom is 0.279 e. The number of carbonyl (C=O) groups is 1. The third kappa shape index (κ3) is 1.86. The Labute approximate surface area is 68.1 Å². The van der Waals surface area contributed by atoms with Crippen LogP contribution < -0.4 is 0 Å². The van der Waals surface area contributed by atoms with E-state index in [1.807, 2.05) is 0 Å². The molecule has 0 bridgehead atoms. The third-order valence-corrected chi connectivity index (χ3v) is 1.26. The molecule has 0 atom stereocenters. The Balaban J connectivity index is 0.00000121. The summed E-state index contributed by atoms with van der Waals surface area (Å²) in [6, 6.07) is 5.80. The number of nitro groups is 1. The SMILES string of the molecule is O.O=Cc1ccccc1[N+](=O)[O-]. The topological polar surface area (TPSA) is 91.7 Å². The van der Waals surface area contributed by atoms with Gasteiger partial charge in [0.25, 0.3) is 5.69 Å². The highest BCUT2D eigenvalue weighted by molar-refractivity contribution is 5.81. The fourth-order valence-electron chi connectivity index (χ4n) is 0.753. The number of benzene rings is 1. The van der Waals surface area contributed by atoms with Crippen LogP contribution in [0.3, 0.4) is 0 Å². The molecule has 5 heteroatoms. The zero-order valence-corrected chi connectivity index (χ0v) is 6.06. The average Bonchev–Trinajstić information content (AvgIpc) is 2.04. The van der Waals surface area contributed by atoms with Gasteiger partial charge in [0.15, 0.2) is 6.29 Å². The normalized spacial score (nSPS) is 8.33. The summed E-state index contributed by atoms with van der Waals surface area (Å²) in [6.07, 6.45) is 0.470. The lowest BCUT2D eigenvalue weighted by atomic mass is 10.2. The molecule has 0 aliphatic rings. The van der Waals surface area contributed by atoms with E-state index in [2.05, 4.69) is 0 Å². The van der Waals surface area contributed by atoms with Gasteiger partial charge in [-0.25, -0.2) is 0 Å². The second-order valence-electron chi connectivity index (χ2n) is 1.93. The van der Waals surface area contributed by atoms with Crippen molar-refractivity contribution in [2.45, 2.75) is 0 Å². The van der Waals surface area contributed by atoms with E-state index in [9.17, 15) is 14.9 Å². The minimum Gasteiger partial charge on any atom is -0.412 e. The molecule has 0 saturated carbocycles. The van der Waals surface area contributed by atoms with Gasteiger partial charge in [0.05, 0.1) is 10.5 Å². The van der Waals surface area contributed by atoms with Gasteiger partial charge in [-0.15, -0.1) is 0 Å². The average molecular weight is 169 g/mol. The molecule has 0 aromatic heterocycles. The number of carbonyl (C=O) groups excluding carboxylic acids is 1. The van der Waals surface area contributed by atoms with Crippen molar-refractivity contribution < 1.29 is 15.2 Å². The van der Waals surface area contributed by atoms with Crippen LogP contribution in [0.2, 0.25) is 0 Å². The summed E-state index contributed by atoms with van der Waals surface area (Å²) in [6.45, 7) is 0. The fraction of sp³-hybridized carbons (Fsp3) is 0. The van der Waals surface area contributed by atoms with E-state index in [4.69, 9.17) is 0 Å². The molecule has 0 saturated heterocycles. The molecular formula is C7H7NO4. The number of nitro benzene ring substituents is 1. The van der Waals surface area contributed by atoms with Gasteiger partial charge in [0.2, 0.25) is 0 Å². The minimum atomic E-state index is -0.580. The molecule has 0 spiro atoms. The molecule has 0 unspecified atom stereocenters. The molecule has 12 heavy (non-hydrogen) atoms. The predicted molar refractivity (Wildman–Crippen MR) is 42.1 cm³/mol. The first kappa shape index (κ1) is 10.2. The maximum atomic E-state index is 10.2. The summed E-state index contributed by atoms with van der Waals surface area (Å²) in [4.78, 5) is 19.9. The molecule has 0 fully saturated rings.